The summed E-state index contributed by atoms with van der Waals surface area (Å²) in [6, 6.07) is 13.3. The van der Waals surface area contributed by atoms with Gasteiger partial charge in [0.25, 0.3) is 0 Å². The zero-order chi connectivity index (χ0) is 17.0. The number of benzene rings is 1. The predicted octanol–water partition coefficient (Wildman–Crippen LogP) is 2.93. The third kappa shape index (κ3) is 4.33. The molecule has 2 aromatic rings. The Kier molecular flexibility index (Phi) is 5.16. The number of aromatic nitrogens is 1. The van der Waals surface area contributed by atoms with E-state index in [2.05, 4.69) is 10.3 Å². The van der Waals surface area contributed by atoms with Crippen LogP contribution < -0.4 is 10.1 Å². The number of para-hydroxylation sites is 1. The van der Waals surface area contributed by atoms with Crippen molar-refractivity contribution in [1.82, 2.24) is 10.3 Å². The normalized spacial score (nSPS) is 20.9. The summed E-state index contributed by atoms with van der Waals surface area (Å²) in [6.45, 7) is 0.606. The third-order valence-corrected chi connectivity index (χ3v) is 6.00. The van der Waals surface area contributed by atoms with E-state index in [0.717, 1.165) is 30.6 Å². The molecule has 6 heteroatoms. The monoisotopic (exact) mass is 346 g/mol. The molecular weight excluding hydrogens is 324 g/mol. The quantitative estimate of drug-likeness (QED) is 0.871. The smallest absolute Gasteiger partial charge is 0.219 e. The van der Waals surface area contributed by atoms with E-state index in [1.807, 2.05) is 42.5 Å². The molecule has 1 N–H and O–H groups in total. The zero-order valence-corrected chi connectivity index (χ0v) is 14.5. The first-order chi connectivity index (χ1) is 11.5. The maximum atomic E-state index is 11.8. The van der Waals surface area contributed by atoms with Crippen LogP contribution in [0.4, 0.5) is 0 Å². The minimum absolute atomic E-state index is 0.0280. The van der Waals surface area contributed by atoms with Gasteiger partial charge in [-0.2, -0.15) is 0 Å². The average Bonchev–Trinajstić information content (AvgIpc) is 3.04. The summed E-state index contributed by atoms with van der Waals surface area (Å²) in [7, 11) is -3.00. The van der Waals surface area contributed by atoms with Crippen LogP contribution in [-0.4, -0.2) is 30.9 Å². The van der Waals surface area contributed by atoms with Crippen molar-refractivity contribution in [2.24, 2.45) is 0 Å². The van der Waals surface area contributed by atoms with Gasteiger partial charge in [-0.15, -0.1) is 0 Å². The molecule has 1 saturated carbocycles. The average molecular weight is 346 g/mol. The van der Waals surface area contributed by atoms with Gasteiger partial charge in [-0.25, -0.2) is 13.4 Å². The van der Waals surface area contributed by atoms with Gasteiger partial charge in [0.2, 0.25) is 5.88 Å². The van der Waals surface area contributed by atoms with Crippen LogP contribution in [0, 0.1) is 0 Å². The Balaban J connectivity index is 1.57. The van der Waals surface area contributed by atoms with Gasteiger partial charge in [0, 0.05) is 31.1 Å². The Morgan fingerprint density at radius 1 is 1.17 bits per heavy atom. The topological polar surface area (TPSA) is 68.3 Å². The van der Waals surface area contributed by atoms with Crippen LogP contribution in [0.3, 0.4) is 0 Å². The molecular formula is C18H22N2O3S. The molecule has 0 saturated heterocycles. The second-order valence-electron chi connectivity index (χ2n) is 6.21. The zero-order valence-electron chi connectivity index (χ0n) is 13.7. The Hall–Kier alpha value is -1.92. The Morgan fingerprint density at radius 3 is 2.62 bits per heavy atom. The summed E-state index contributed by atoms with van der Waals surface area (Å²) >= 11 is 0. The third-order valence-electron chi connectivity index (χ3n) is 4.33. The summed E-state index contributed by atoms with van der Waals surface area (Å²) < 4.78 is 29.3. The lowest BCUT2D eigenvalue weighted by Gasteiger charge is -2.19. The van der Waals surface area contributed by atoms with Gasteiger partial charge >= 0.3 is 0 Å². The summed E-state index contributed by atoms with van der Waals surface area (Å²) in [5.74, 6) is 1.29. The number of hydrogen-bond donors (Lipinski definition) is 1. The largest absolute Gasteiger partial charge is 0.439 e. The van der Waals surface area contributed by atoms with Crippen LogP contribution in [0.2, 0.25) is 0 Å². The number of nitrogens with one attached hydrogen (secondary N) is 1. The van der Waals surface area contributed by atoms with Crippen LogP contribution in [-0.2, 0) is 16.4 Å². The van der Waals surface area contributed by atoms with Crippen molar-refractivity contribution >= 4 is 9.84 Å². The van der Waals surface area contributed by atoms with Gasteiger partial charge in [-0.3, -0.25) is 0 Å². The second kappa shape index (κ2) is 7.32. The van der Waals surface area contributed by atoms with Gasteiger partial charge in [-0.05, 0) is 30.5 Å². The molecule has 24 heavy (non-hydrogen) atoms. The van der Waals surface area contributed by atoms with Gasteiger partial charge < -0.3 is 10.1 Å². The van der Waals surface area contributed by atoms with Crippen molar-refractivity contribution in [1.29, 1.82) is 0 Å². The Labute approximate surface area is 143 Å². The van der Waals surface area contributed by atoms with Crippen LogP contribution in [0.15, 0.2) is 48.7 Å². The minimum Gasteiger partial charge on any atom is -0.439 e. The van der Waals surface area contributed by atoms with Crippen LogP contribution >= 0.6 is 0 Å². The van der Waals surface area contributed by atoms with E-state index in [4.69, 9.17) is 4.74 Å². The summed E-state index contributed by atoms with van der Waals surface area (Å²) in [4.78, 5) is 4.31. The fraction of sp³-hybridized carbons (Fsp3) is 0.389. The first-order valence-corrected chi connectivity index (χ1v) is 10.1. The molecule has 5 nitrogen and oxygen atoms in total. The SMILES string of the molecule is CS(=O)(=O)[C@H]1CCC[C@H]1NCc1ccc(Oc2ccccc2)nc1. The van der Waals surface area contributed by atoms with Crippen LogP contribution in [0.25, 0.3) is 0 Å². The van der Waals surface area contributed by atoms with E-state index >= 15 is 0 Å². The maximum absolute atomic E-state index is 11.8. The molecule has 3 rings (SSSR count). The first kappa shape index (κ1) is 16.9. The lowest BCUT2D eigenvalue weighted by molar-refractivity contribution is 0.461. The van der Waals surface area contributed by atoms with E-state index in [9.17, 15) is 8.42 Å². The molecule has 0 spiro atoms. The highest BCUT2D eigenvalue weighted by molar-refractivity contribution is 7.91. The minimum atomic E-state index is -3.00. The highest BCUT2D eigenvalue weighted by atomic mass is 32.2. The van der Waals surface area contributed by atoms with Crippen molar-refractivity contribution in [3.63, 3.8) is 0 Å². The fourth-order valence-electron chi connectivity index (χ4n) is 3.11. The van der Waals surface area contributed by atoms with E-state index < -0.39 is 9.84 Å². The molecule has 1 aromatic carbocycles. The molecule has 0 unspecified atom stereocenters. The molecule has 0 aliphatic heterocycles. The number of nitrogens with zero attached hydrogens (tertiary/aromatic N) is 1. The molecule has 1 fully saturated rings. The van der Waals surface area contributed by atoms with Crippen molar-refractivity contribution in [2.75, 3.05) is 6.26 Å². The number of rotatable bonds is 6. The summed E-state index contributed by atoms with van der Waals surface area (Å²) in [6.07, 6.45) is 5.70. The summed E-state index contributed by atoms with van der Waals surface area (Å²) in [5.41, 5.74) is 1.01. The maximum Gasteiger partial charge on any atom is 0.219 e. The van der Waals surface area contributed by atoms with Crippen LogP contribution in [0.1, 0.15) is 24.8 Å². The number of hydrogen-bond acceptors (Lipinski definition) is 5. The van der Waals surface area contributed by atoms with Crippen molar-refractivity contribution in [2.45, 2.75) is 37.1 Å². The molecule has 128 valence electrons. The molecule has 1 aliphatic carbocycles. The number of sulfone groups is 1. The second-order valence-corrected chi connectivity index (χ2v) is 8.47. The van der Waals surface area contributed by atoms with Crippen molar-refractivity contribution in [3.8, 4) is 11.6 Å². The standard InChI is InChI=1S/C18H22N2O3S/c1-24(21,22)17-9-5-8-16(17)19-12-14-10-11-18(20-13-14)23-15-6-3-2-4-7-15/h2-4,6-7,10-11,13,16-17,19H,5,8-9,12H2,1H3/t16-,17+/m1/s1. The fourth-order valence-corrected chi connectivity index (χ4v) is 4.53. The lowest BCUT2D eigenvalue weighted by atomic mass is 10.2. The first-order valence-electron chi connectivity index (χ1n) is 8.12. The van der Waals surface area contributed by atoms with E-state index in [1.54, 1.807) is 6.20 Å². The van der Waals surface area contributed by atoms with E-state index in [0.29, 0.717) is 12.4 Å². The molecule has 0 amide bonds. The highest BCUT2D eigenvalue weighted by Crippen LogP contribution is 2.25. The predicted molar refractivity (Wildman–Crippen MR) is 93.9 cm³/mol. The lowest BCUT2D eigenvalue weighted by Crippen LogP contribution is -2.39. The molecule has 2 atom stereocenters. The van der Waals surface area contributed by atoms with Gasteiger partial charge in [0.15, 0.2) is 9.84 Å². The van der Waals surface area contributed by atoms with Gasteiger partial charge in [-0.1, -0.05) is 30.7 Å². The van der Waals surface area contributed by atoms with Crippen LogP contribution in [0.5, 0.6) is 11.6 Å². The van der Waals surface area contributed by atoms with Gasteiger partial charge in [0.05, 0.1) is 5.25 Å². The molecule has 0 bridgehead atoms. The molecule has 1 aliphatic rings. The molecule has 1 aromatic heterocycles. The highest BCUT2D eigenvalue weighted by Gasteiger charge is 2.34. The van der Waals surface area contributed by atoms with Gasteiger partial charge in [0.1, 0.15) is 5.75 Å². The van der Waals surface area contributed by atoms with E-state index in [-0.39, 0.29) is 11.3 Å². The summed E-state index contributed by atoms with van der Waals surface area (Å²) in [5, 5.41) is 3.09. The van der Waals surface area contributed by atoms with Crippen molar-refractivity contribution in [3.05, 3.63) is 54.2 Å². The Bertz CT molecular complexity index is 761. The molecule has 1 heterocycles. The molecule has 0 radical (unpaired) electrons. The Morgan fingerprint density at radius 2 is 1.96 bits per heavy atom. The number of pyridine rings is 1. The van der Waals surface area contributed by atoms with E-state index in [1.165, 1.54) is 6.26 Å². The van der Waals surface area contributed by atoms with Crippen molar-refractivity contribution < 1.29 is 13.2 Å². The number of ether oxygens (including phenoxy) is 1.